The topological polar surface area (TPSA) is 18.5 Å². The van der Waals surface area contributed by atoms with E-state index in [2.05, 4.69) is 60.3 Å². The highest BCUT2D eigenvalue weighted by molar-refractivity contribution is 5.57. The number of benzene rings is 1. The lowest BCUT2D eigenvalue weighted by molar-refractivity contribution is 0.283. The highest BCUT2D eigenvalue weighted by Crippen LogP contribution is 2.30. The van der Waals surface area contributed by atoms with Crippen molar-refractivity contribution in [2.45, 2.75) is 45.2 Å². The molecule has 1 aromatic rings. The number of anilines is 2. The van der Waals surface area contributed by atoms with E-state index in [9.17, 15) is 0 Å². The van der Waals surface area contributed by atoms with E-state index >= 15 is 0 Å². The Kier molecular flexibility index (Phi) is 4.39. The number of piperidine rings is 1. The lowest BCUT2D eigenvalue weighted by Gasteiger charge is -2.44. The van der Waals surface area contributed by atoms with Crippen molar-refractivity contribution in [2.75, 3.05) is 36.5 Å². The van der Waals surface area contributed by atoms with Gasteiger partial charge in [-0.15, -0.1) is 0 Å². The number of hydrogen-bond donors (Lipinski definition) is 1. The minimum atomic E-state index is 0.592. The molecule has 0 bridgehead atoms. The molecule has 3 atom stereocenters. The third kappa shape index (κ3) is 2.89. The second-order valence-electron chi connectivity index (χ2n) is 6.69. The van der Waals surface area contributed by atoms with Crippen LogP contribution in [0.4, 0.5) is 11.4 Å². The summed E-state index contributed by atoms with van der Waals surface area (Å²) >= 11 is 0. The van der Waals surface area contributed by atoms with E-state index in [0.29, 0.717) is 18.0 Å². The molecule has 0 amide bonds. The molecule has 0 spiro atoms. The molecule has 0 saturated carbocycles. The largest absolute Gasteiger partial charge is 0.372 e. The zero-order valence-electron chi connectivity index (χ0n) is 13.7. The molecule has 3 rings (SSSR count). The molecule has 3 heteroatoms. The van der Waals surface area contributed by atoms with Crippen LogP contribution in [0.15, 0.2) is 24.3 Å². The molecule has 116 valence electrons. The summed E-state index contributed by atoms with van der Waals surface area (Å²) in [6.07, 6.45) is 3.91. The molecule has 2 saturated heterocycles. The Morgan fingerprint density at radius 1 is 0.952 bits per heavy atom. The van der Waals surface area contributed by atoms with Gasteiger partial charge in [-0.1, -0.05) is 6.92 Å². The maximum absolute atomic E-state index is 3.47. The van der Waals surface area contributed by atoms with Gasteiger partial charge in [0, 0.05) is 43.1 Å². The molecule has 1 N–H and O–H groups in total. The van der Waals surface area contributed by atoms with Crippen molar-refractivity contribution in [3.05, 3.63) is 24.3 Å². The molecule has 0 aliphatic carbocycles. The van der Waals surface area contributed by atoms with Gasteiger partial charge in [-0.2, -0.15) is 0 Å². The Morgan fingerprint density at radius 2 is 1.57 bits per heavy atom. The highest BCUT2D eigenvalue weighted by Gasteiger charge is 2.31. The van der Waals surface area contributed by atoms with Crippen molar-refractivity contribution in [3.63, 3.8) is 0 Å². The summed E-state index contributed by atoms with van der Waals surface area (Å²) in [5.74, 6) is 0.682. The van der Waals surface area contributed by atoms with Crippen LogP contribution in [-0.4, -0.2) is 38.8 Å². The summed E-state index contributed by atoms with van der Waals surface area (Å²) in [6.45, 7) is 8.33. The first-order chi connectivity index (χ1) is 10.2. The van der Waals surface area contributed by atoms with E-state index in [1.807, 2.05) is 0 Å². The maximum atomic E-state index is 3.47. The predicted molar refractivity (Wildman–Crippen MR) is 91.3 cm³/mol. The van der Waals surface area contributed by atoms with Gasteiger partial charge < -0.3 is 15.1 Å². The lowest BCUT2D eigenvalue weighted by atomic mass is 9.87. The first-order valence-electron chi connectivity index (χ1n) is 8.49. The second-order valence-corrected chi connectivity index (χ2v) is 6.69. The molecule has 3 nitrogen and oxygen atoms in total. The first-order valence-corrected chi connectivity index (χ1v) is 8.49. The molecule has 1 aromatic carbocycles. The van der Waals surface area contributed by atoms with E-state index in [-0.39, 0.29) is 0 Å². The van der Waals surface area contributed by atoms with Crippen LogP contribution in [0, 0.1) is 5.92 Å². The molecular formula is C18H29N3. The third-order valence-corrected chi connectivity index (χ3v) is 5.59. The van der Waals surface area contributed by atoms with Crippen molar-refractivity contribution >= 4 is 11.4 Å². The fourth-order valence-electron chi connectivity index (χ4n) is 3.97. The van der Waals surface area contributed by atoms with Gasteiger partial charge in [0.1, 0.15) is 0 Å². The van der Waals surface area contributed by atoms with Gasteiger partial charge >= 0.3 is 0 Å². The quantitative estimate of drug-likeness (QED) is 0.921. The molecule has 2 heterocycles. The second kappa shape index (κ2) is 6.27. The number of hydrogen-bond acceptors (Lipinski definition) is 3. The highest BCUT2D eigenvalue weighted by atomic mass is 15.2. The van der Waals surface area contributed by atoms with Crippen LogP contribution < -0.4 is 15.1 Å². The van der Waals surface area contributed by atoms with Gasteiger partial charge in [-0.25, -0.2) is 0 Å². The fourth-order valence-corrected chi connectivity index (χ4v) is 3.97. The summed E-state index contributed by atoms with van der Waals surface area (Å²) in [4.78, 5) is 5.08. The van der Waals surface area contributed by atoms with Crippen molar-refractivity contribution in [3.8, 4) is 0 Å². The fraction of sp³-hybridized carbons (Fsp3) is 0.667. The summed E-state index contributed by atoms with van der Waals surface area (Å²) in [7, 11) is 2.09. The van der Waals surface area contributed by atoms with Crippen LogP contribution in [0.2, 0.25) is 0 Å². The third-order valence-electron chi connectivity index (χ3n) is 5.59. The zero-order valence-corrected chi connectivity index (χ0v) is 13.7. The Labute approximate surface area is 129 Å². The van der Waals surface area contributed by atoms with Gasteiger partial charge in [0.15, 0.2) is 0 Å². The normalized spacial score (nSPS) is 30.0. The van der Waals surface area contributed by atoms with Crippen LogP contribution in [0.25, 0.3) is 0 Å². The van der Waals surface area contributed by atoms with Crippen molar-refractivity contribution in [2.24, 2.45) is 5.92 Å². The smallest absolute Gasteiger partial charge is 0.0370 e. The van der Waals surface area contributed by atoms with E-state index < -0.39 is 0 Å². The van der Waals surface area contributed by atoms with Gasteiger partial charge in [0.25, 0.3) is 0 Å². The first kappa shape index (κ1) is 14.7. The zero-order chi connectivity index (χ0) is 14.8. The average molecular weight is 287 g/mol. The summed E-state index contributed by atoms with van der Waals surface area (Å²) < 4.78 is 0. The van der Waals surface area contributed by atoms with Gasteiger partial charge in [0.2, 0.25) is 0 Å². The van der Waals surface area contributed by atoms with Crippen LogP contribution in [0.1, 0.15) is 33.1 Å². The van der Waals surface area contributed by atoms with E-state index in [0.717, 1.165) is 6.54 Å². The van der Waals surface area contributed by atoms with E-state index in [1.165, 1.54) is 43.7 Å². The monoisotopic (exact) mass is 287 g/mol. The molecular weight excluding hydrogens is 258 g/mol. The molecule has 0 radical (unpaired) electrons. The molecule has 2 fully saturated rings. The van der Waals surface area contributed by atoms with Crippen molar-refractivity contribution in [1.82, 2.24) is 5.32 Å². The van der Waals surface area contributed by atoms with Crippen molar-refractivity contribution in [1.29, 1.82) is 0 Å². The standard InChI is InChI=1S/C18H29N3/c1-14-15(2)21(13-10-18(14)19-3)17-8-6-16(7-9-17)20-11-4-5-12-20/h6-9,14-15,18-19H,4-5,10-13H2,1-3H3. The number of nitrogens with zero attached hydrogens (tertiary/aromatic N) is 2. The van der Waals surface area contributed by atoms with Crippen LogP contribution in [0.3, 0.4) is 0 Å². The SMILES string of the molecule is CNC1CCN(c2ccc(N3CCCC3)cc2)C(C)C1C. The molecule has 2 aliphatic rings. The Hall–Kier alpha value is -1.22. The van der Waals surface area contributed by atoms with Crippen molar-refractivity contribution < 1.29 is 0 Å². The molecule has 3 unspecified atom stereocenters. The Morgan fingerprint density at radius 3 is 2.19 bits per heavy atom. The summed E-state index contributed by atoms with van der Waals surface area (Å²) in [5.41, 5.74) is 2.77. The van der Waals surface area contributed by atoms with E-state index in [1.54, 1.807) is 0 Å². The summed E-state index contributed by atoms with van der Waals surface area (Å²) in [6, 6.07) is 10.5. The van der Waals surface area contributed by atoms with Gasteiger partial charge in [-0.05, 0) is 63.4 Å². The molecule has 0 aromatic heterocycles. The Bertz CT molecular complexity index is 450. The van der Waals surface area contributed by atoms with Crippen LogP contribution in [0.5, 0.6) is 0 Å². The number of rotatable bonds is 3. The predicted octanol–water partition coefficient (Wildman–Crippen LogP) is 3.11. The van der Waals surface area contributed by atoms with Gasteiger partial charge in [-0.3, -0.25) is 0 Å². The van der Waals surface area contributed by atoms with E-state index in [4.69, 9.17) is 0 Å². The van der Waals surface area contributed by atoms with Gasteiger partial charge in [0.05, 0.1) is 0 Å². The minimum Gasteiger partial charge on any atom is -0.372 e. The Balaban J connectivity index is 1.71. The maximum Gasteiger partial charge on any atom is 0.0370 e. The summed E-state index contributed by atoms with van der Waals surface area (Å²) in [5, 5.41) is 3.47. The molecule has 2 aliphatic heterocycles. The number of nitrogens with one attached hydrogen (secondary N) is 1. The lowest BCUT2D eigenvalue weighted by Crippen LogP contribution is -2.52. The van der Waals surface area contributed by atoms with Crippen LogP contribution >= 0.6 is 0 Å². The molecule has 21 heavy (non-hydrogen) atoms. The average Bonchev–Trinajstić information content (AvgIpc) is 3.05. The minimum absolute atomic E-state index is 0.592. The van der Waals surface area contributed by atoms with Crippen LogP contribution in [-0.2, 0) is 0 Å².